The van der Waals surface area contributed by atoms with Crippen LogP contribution in [0.3, 0.4) is 0 Å². The average molecular weight is 295 g/mol. The summed E-state index contributed by atoms with van der Waals surface area (Å²) in [5.41, 5.74) is 1.76. The highest BCUT2D eigenvalue weighted by Crippen LogP contribution is 2.31. The number of halogens is 1. The maximum Gasteiger partial charge on any atom is 0.226 e. The second kappa shape index (κ2) is 6.59. The molecule has 2 rings (SSSR count). The Morgan fingerprint density at radius 3 is 2.60 bits per heavy atom. The van der Waals surface area contributed by atoms with Crippen LogP contribution >= 0.6 is 11.6 Å². The Morgan fingerprint density at radius 1 is 1.30 bits per heavy atom. The first-order chi connectivity index (χ1) is 9.54. The molecule has 0 atom stereocenters. The van der Waals surface area contributed by atoms with Crippen molar-refractivity contribution in [2.24, 2.45) is 0 Å². The lowest BCUT2D eigenvalue weighted by Crippen LogP contribution is -2.47. The first kappa shape index (κ1) is 15.3. The number of anilines is 1. The third kappa shape index (κ3) is 3.74. The summed E-state index contributed by atoms with van der Waals surface area (Å²) in [6, 6.07) is 5.63. The molecule has 0 unspecified atom stereocenters. The molecule has 0 spiro atoms. The van der Waals surface area contributed by atoms with E-state index in [2.05, 4.69) is 10.6 Å². The maximum atomic E-state index is 12.2. The summed E-state index contributed by atoms with van der Waals surface area (Å²) in [5.74, 6) is 0.0566. The standard InChI is InChI=1S/C16H23ClN2O/c1-12-6-7-13(10-14(12)17)19-15(20)11-16(18-2)8-4-3-5-9-16/h6-7,10,18H,3-5,8-9,11H2,1-2H3,(H,19,20). The van der Waals surface area contributed by atoms with Gasteiger partial charge in [-0.05, 0) is 44.5 Å². The number of hydrogen-bond donors (Lipinski definition) is 2. The van der Waals surface area contributed by atoms with Gasteiger partial charge in [0.25, 0.3) is 0 Å². The van der Waals surface area contributed by atoms with Crippen LogP contribution in [0.1, 0.15) is 44.1 Å². The van der Waals surface area contributed by atoms with E-state index >= 15 is 0 Å². The normalized spacial score (nSPS) is 17.8. The van der Waals surface area contributed by atoms with Gasteiger partial charge in [-0.15, -0.1) is 0 Å². The third-order valence-corrected chi connectivity index (χ3v) is 4.70. The van der Waals surface area contributed by atoms with E-state index in [4.69, 9.17) is 11.6 Å². The van der Waals surface area contributed by atoms with E-state index in [0.29, 0.717) is 11.4 Å². The molecule has 3 nitrogen and oxygen atoms in total. The van der Waals surface area contributed by atoms with E-state index in [-0.39, 0.29) is 11.4 Å². The van der Waals surface area contributed by atoms with E-state index in [1.54, 1.807) is 0 Å². The summed E-state index contributed by atoms with van der Waals surface area (Å²) in [5, 5.41) is 7.00. The summed E-state index contributed by atoms with van der Waals surface area (Å²) in [4.78, 5) is 12.2. The average Bonchev–Trinajstić information content (AvgIpc) is 2.44. The predicted octanol–water partition coefficient (Wildman–Crippen LogP) is 3.90. The zero-order valence-corrected chi connectivity index (χ0v) is 13.0. The van der Waals surface area contributed by atoms with Gasteiger partial charge >= 0.3 is 0 Å². The van der Waals surface area contributed by atoms with Gasteiger partial charge in [0.2, 0.25) is 5.91 Å². The second-order valence-electron chi connectivity index (χ2n) is 5.78. The lowest BCUT2D eigenvalue weighted by atomic mass is 9.79. The lowest BCUT2D eigenvalue weighted by Gasteiger charge is -2.36. The molecular weight excluding hydrogens is 272 g/mol. The zero-order valence-electron chi connectivity index (χ0n) is 12.3. The molecule has 1 aliphatic carbocycles. The van der Waals surface area contributed by atoms with Crippen molar-refractivity contribution in [3.63, 3.8) is 0 Å². The van der Waals surface area contributed by atoms with Crippen LogP contribution in [0.2, 0.25) is 5.02 Å². The minimum Gasteiger partial charge on any atom is -0.326 e. The molecule has 110 valence electrons. The monoisotopic (exact) mass is 294 g/mol. The van der Waals surface area contributed by atoms with Crippen molar-refractivity contribution in [3.05, 3.63) is 28.8 Å². The van der Waals surface area contributed by atoms with Crippen LogP contribution in [0.4, 0.5) is 5.69 Å². The fourth-order valence-electron chi connectivity index (χ4n) is 2.93. The van der Waals surface area contributed by atoms with Crippen molar-refractivity contribution in [1.82, 2.24) is 5.32 Å². The Kier molecular flexibility index (Phi) is 5.06. The summed E-state index contributed by atoms with van der Waals surface area (Å²) < 4.78 is 0. The van der Waals surface area contributed by atoms with Gasteiger partial charge in [-0.25, -0.2) is 0 Å². The Labute approximate surface area is 126 Å². The van der Waals surface area contributed by atoms with E-state index in [0.717, 1.165) is 24.1 Å². The minimum atomic E-state index is -0.0309. The highest BCUT2D eigenvalue weighted by atomic mass is 35.5. The quantitative estimate of drug-likeness (QED) is 0.884. The summed E-state index contributed by atoms with van der Waals surface area (Å²) in [7, 11) is 1.96. The number of carbonyl (C=O) groups is 1. The molecule has 1 aliphatic rings. The first-order valence-corrected chi connectivity index (χ1v) is 7.67. The largest absolute Gasteiger partial charge is 0.326 e. The van der Waals surface area contributed by atoms with Crippen LogP contribution in [0.5, 0.6) is 0 Å². The lowest BCUT2D eigenvalue weighted by molar-refractivity contribution is -0.117. The number of aryl methyl sites for hydroxylation is 1. The third-order valence-electron chi connectivity index (χ3n) is 4.30. The van der Waals surface area contributed by atoms with Gasteiger partial charge in [0.05, 0.1) is 0 Å². The summed E-state index contributed by atoms with van der Waals surface area (Å²) in [6.07, 6.45) is 6.35. The van der Waals surface area contributed by atoms with Gasteiger partial charge in [0.15, 0.2) is 0 Å². The van der Waals surface area contributed by atoms with E-state index in [1.165, 1.54) is 19.3 Å². The van der Waals surface area contributed by atoms with Crippen molar-refractivity contribution in [1.29, 1.82) is 0 Å². The van der Waals surface area contributed by atoms with Gasteiger partial charge in [0.1, 0.15) is 0 Å². The highest BCUT2D eigenvalue weighted by molar-refractivity contribution is 6.31. The highest BCUT2D eigenvalue weighted by Gasteiger charge is 2.32. The number of benzene rings is 1. The van der Waals surface area contributed by atoms with E-state index in [9.17, 15) is 4.79 Å². The van der Waals surface area contributed by atoms with E-state index < -0.39 is 0 Å². The van der Waals surface area contributed by atoms with Crippen LogP contribution in [-0.4, -0.2) is 18.5 Å². The number of carbonyl (C=O) groups excluding carboxylic acids is 1. The number of nitrogens with one attached hydrogen (secondary N) is 2. The Balaban J connectivity index is 1.98. The molecule has 4 heteroatoms. The molecule has 0 heterocycles. The van der Waals surface area contributed by atoms with Crippen molar-refractivity contribution >= 4 is 23.2 Å². The molecule has 0 aromatic heterocycles. The topological polar surface area (TPSA) is 41.1 Å². The number of rotatable bonds is 4. The molecule has 0 radical (unpaired) electrons. The van der Waals surface area contributed by atoms with Crippen LogP contribution < -0.4 is 10.6 Å². The molecular formula is C16H23ClN2O. The molecule has 0 bridgehead atoms. The second-order valence-corrected chi connectivity index (χ2v) is 6.19. The fourth-order valence-corrected chi connectivity index (χ4v) is 3.11. The fraction of sp³-hybridized carbons (Fsp3) is 0.562. The molecule has 1 aromatic carbocycles. The first-order valence-electron chi connectivity index (χ1n) is 7.30. The number of amides is 1. The van der Waals surface area contributed by atoms with Gasteiger partial charge in [-0.2, -0.15) is 0 Å². The Bertz CT molecular complexity index is 481. The summed E-state index contributed by atoms with van der Waals surface area (Å²) in [6.45, 7) is 1.95. The molecule has 1 saturated carbocycles. The van der Waals surface area contributed by atoms with Crippen LogP contribution in [0.15, 0.2) is 18.2 Å². The zero-order chi connectivity index (χ0) is 14.6. The Hall–Kier alpha value is -1.06. The molecule has 0 saturated heterocycles. The molecule has 1 amide bonds. The van der Waals surface area contributed by atoms with Gasteiger partial charge in [-0.1, -0.05) is 36.9 Å². The van der Waals surface area contributed by atoms with Gasteiger partial charge in [0, 0.05) is 22.7 Å². The summed E-state index contributed by atoms with van der Waals surface area (Å²) >= 11 is 6.08. The van der Waals surface area contributed by atoms with Crippen molar-refractivity contribution in [2.45, 2.75) is 51.0 Å². The Morgan fingerprint density at radius 2 is 2.00 bits per heavy atom. The minimum absolute atomic E-state index is 0.0309. The SMILES string of the molecule is CNC1(CC(=O)Nc2ccc(C)c(Cl)c2)CCCCC1. The van der Waals surface area contributed by atoms with Crippen molar-refractivity contribution < 1.29 is 4.79 Å². The van der Waals surface area contributed by atoms with Gasteiger partial charge in [-0.3, -0.25) is 4.79 Å². The molecule has 2 N–H and O–H groups in total. The molecule has 1 fully saturated rings. The van der Waals surface area contributed by atoms with Crippen molar-refractivity contribution in [2.75, 3.05) is 12.4 Å². The number of hydrogen-bond acceptors (Lipinski definition) is 2. The van der Waals surface area contributed by atoms with Crippen LogP contribution in [0.25, 0.3) is 0 Å². The maximum absolute atomic E-state index is 12.2. The van der Waals surface area contributed by atoms with Crippen molar-refractivity contribution in [3.8, 4) is 0 Å². The molecule has 20 heavy (non-hydrogen) atoms. The van der Waals surface area contributed by atoms with Crippen LogP contribution in [0, 0.1) is 6.92 Å². The van der Waals surface area contributed by atoms with E-state index in [1.807, 2.05) is 32.2 Å². The molecule has 0 aliphatic heterocycles. The van der Waals surface area contributed by atoms with Crippen LogP contribution in [-0.2, 0) is 4.79 Å². The van der Waals surface area contributed by atoms with Gasteiger partial charge < -0.3 is 10.6 Å². The molecule has 1 aromatic rings. The smallest absolute Gasteiger partial charge is 0.226 e. The predicted molar refractivity (Wildman–Crippen MR) is 84.3 cm³/mol.